The third-order valence-electron chi connectivity index (χ3n) is 4.25. The number of aryl methyl sites for hydroxylation is 1. The van der Waals surface area contributed by atoms with Crippen LogP contribution >= 0.6 is 0 Å². The van der Waals surface area contributed by atoms with E-state index in [2.05, 4.69) is 10.3 Å². The third kappa shape index (κ3) is 3.42. The Bertz CT molecular complexity index is 809. The van der Waals surface area contributed by atoms with Crippen molar-refractivity contribution in [2.75, 3.05) is 6.54 Å². The molecule has 1 amide bonds. The maximum absolute atomic E-state index is 13.5. The quantitative estimate of drug-likeness (QED) is 0.807. The predicted molar refractivity (Wildman–Crippen MR) is 87.1 cm³/mol. The van der Waals surface area contributed by atoms with Crippen LogP contribution in [0.1, 0.15) is 36.7 Å². The van der Waals surface area contributed by atoms with Crippen molar-refractivity contribution in [2.24, 2.45) is 5.92 Å². The fourth-order valence-electron chi connectivity index (χ4n) is 2.20. The van der Waals surface area contributed by atoms with Crippen molar-refractivity contribution in [3.8, 4) is 0 Å². The van der Waals surface area contributed by atoms with E-state index in [-0.39, 0.29) is 23.4 Å². The molecule has 0 saturated heterocycles. The van der Waals surface area contributed by atoms with Gasteiger partial charge in [-0.2, -0.15) is 0 Å². The van der Waals surface area contributed by atoms with Gasteiger partial charge in [-0.05, 0) is 37.5 Å². The number of hydrogen-bond acceptors (Lipinski definition) is 3. The number of rotatable bonds is 4. The summed E-state index contributed by atoms with van der Waals surface area (Å²) >= 11 is 0. The minimum absolute atomic E-state index is 0.0170. The van der Waals surface area contributed by atoms with Crippen LogP contribution in [0.4, 0.5) is 4.39 Å². The van der Waals surface area contributed by atoms with E-state index in [4.69, 9.17) is 0 Å². The molecule has 0 aliphatic heterocycles. The number of fused-ring (bicyclic) bond motifs is 1. The summed E-state index contributed by atoms with van der Waals surface area (Å²) in [7, 11) is 0. The molecule has 23 heavy (non-hydrogen) atoms. The average molecular weight is 320 g/mol. The number of aromatic nitrogens is 1. The van der Waals surface area contributed by atoms with Gasteiger partial charge < -0.3 is 15.4 Å². The molecule has 3 N–H and O–H groups in total. The van der Waals surface area contributed by atoms with Crippen LogP contribution in [0, 0.1) is 18.7 Å². The maximum atomic E-state index is 13.5. The lowest BCUT2D eigenvalue weighted by Gasteiger charge is -2.27. The molecule has 0 aliphatic rings. The number of hydrogen-bond donors (Lipinski definition) is 3. The predicted octanol–water partition coefficient (Wildman–Crippen LogP) is 2.11. The number of halogens is 1. The molecule has 1 atom stereocenters. The highest BCUT2D eigenvalue weighted by molar-refractivity contribution is 5.97. The lowest BCUT2D eigenvalue weighted by molar-refractivity contribution is 0.0142. The van der Waals surface area contributed by atoms with Crippen molar-refractivity contribution in [3.63, 3.8) is 0 Å². The summed E-state index contributed by atoms with van der Waals surface area (Å²) in [6, 6.07) is 2.43. The Labute approximate surface area is 133 Å². The summed E-state index contributed by atoms with van der Waals surface area (Å²) in [6.45, 7) is 6.98. The highest BCUT2D eigenvalue weighted by Gasteiger charge is 2.26. The second kappa shape index (κ2) is 6.12. The molecule has 0 aliphatic carbocycles. The number of benzene rings is 1. The van der Waals surface area contributed by atoms with Crippen molar-refractivity contribution in [1.82, 2.24) is 10.3 Å². The first-order chi connectivity index (χ1) is 10.6. The van der Waals surface area contributed by atoms with Gasteiger partial charge in [-0.15, -0.1) is 0 Å². The fourth-order valence-corrected chi connectivity index (χ4v) is 2.20. The minimum atomic E-state index is -1.08. The Balaban J connectivity index is 2.36. The highest BCUT2D eigenvalue weighted by Crippen LogP contribution is 2.16. The van der Waals surface area contributed by atoms with Gasteiger partial charge in [0.15, 0.2) is 0 Å². The summed E-state index contributed by atoms with van der Waals surface area (Å²) in [5.41, 5.74) is -0.638. The molecular weight excluding hydrogens is 299 g/mol. The van der Waals surface area contributed by atoms with Crippen LogP contribution in [0.5, 0.6) is 0 Å². The normalized spacial score (nSPS) is 14.0. The van der Waals surface area contributed by atoms with E-state index >= 15 is 0 Å². The molecule has 0 spiro atoms. The second-order valence-corrected chi connectivity index (χ2v) is 6.37. The summed E-state index contributed by atoms with van der Waals surface area (Å²) < 4.78 is 13.5. The Morgan fingerprint density at radius 1 is 1.43 bits per heavy atom. The zero-order valence-electron chi connectivity index (χ0n) is 13.7. The standard InChI is InChI=1S/C17H21FN2O3/c1-9(2)17(4,23)8-20-16(22)13-7-19-14-10(3)5-11(18)6-12(14)15(13)21/h5-7,9,23H,8H2,1-4H3,(H,19,21)(H,20,22). The summed E-state index contributed by atoms with van der Waals surface area (Å²) in [4.78, 5) is 27.5. The largest absolute Gasteiger partial charge is 0.388 e. The van der Waals surface area contributed by atoms with Crippen LogP contribution in [0.2, 0.25) is 0 Å². The van der Waals surface area contributed by atoms with E-state index in [0.29, 0.717) is 11.1 Å². The number of H-pyrrole nitrogens is 1. The molecule has 1 aromatic heterocycles. The van der Waals surface area contributed by atoms with Crippen LogP contribution < -0.4 is 10.7 Å². The van der Waals surface area contributed by atoms with Crippen LogP contribution in [0.15, 0.2) is 23.1 Å². The molecule has 0 fully saturated rings. The first kappa shape index (κ1) is 17.1. The van der Waals surface area contributed by atoms with Crippen LogP contribution in [-0.2, 0) is 0 Å². The Morgan fingerprint density at radius 2 is 2.09 bits per heavy atom. The molecule has 0 bridgehead atoms. The number of aliphatic hydroxyl groups is 1. The van der Waals surface area contributed by atoms with Crippen molar-refractivity contribution >= 4 is 16.8 Å². The van der Waals surface area contributed by atoms with Crippen molar-refractivity contribution in [2.45, 2.75) is 33.3 Å². The third-order valence-corrected chi connectivity index (χ3v) is 4.25. The smallest absolute Gasteiger partial charge is 0.256 e. The van der Waals surface area contributed by atoms with Gasteiger partial charge in [-0.25, -0.2) is 4.39 Å². The fraction of sp³-hybridized carbons (Fsp3) is 0.412. The van der Waals surface area contributed by atoms with E-state index in [1.54, 1.807) is 13.8 Å². The summed E-state index contributed by atoms with van der Waals surface area (Å²) in [5.74, 6) is -1.19. The van der Waals surface area contributed by atoms with Gasteiger partial charge in [-0.3, -0.25) is 9.59 Å². The van der Waals surface area contributed by atoms with E-state index < -0.39 is 22.8 Å². The van der Waals surface area contributed by atoms with E-state index in [0.717, 1.165) is 6.07 Å². The van der Waals surface area contributed by atoms with Crippen LogP contribution in [0.25, 0.3) is 10.9 Å². The molecule has 1 heterocycles. The molecule has 0 radical (unpaired) electrons. The van der Waals surface area contributed by atoms with E-state index in [9.17, 15) is 19.1 Å². The molecule has 0 saturated carbocycles. The van der Waals surface area contributed by atoms with Crippen LogP contribution in [0.3, 0.4) is 0 Å². The number of nitrogens with one attached hydrogen (secondary N) is 2. The second-order valence-electron chi connectivity index (χ2n) is 6.37. The lowest BCUT2D eigenvalue weighted by atomic mass is 9.92. The highest BCUT2D eigenvalue weighted by atomic mass is 19.1. The Kier molecular flexibility index (Phi) is 4.56. The monoisotopic (exact) mass is 320 g/mol. The number of amides is 1. The minimum Gasteiger partial charge on any atom is -0.388 e. The molecule has 1 aromatic carbocycles. The first-order valence-corrected chi connectivity index (χ1v) is 7.45. The van der Waals surface area contributed by atoms with Gasteiger partial charge in [0.1, 0.15) is 11.4 Å². The van der Waals surface area contributed by atoms with Crippen molar-refractivity contribution in [1.29, 1.82) is 0 Å². The Hall–Kier alpha value is -2.21. The number of aromatic amines is 1. The van der Waals surface area contributed by atoms with Gasteiger partial charge in [0.05, 0.1) is 11.1 Å². The van der Waals surface area contributed by atoms with E-state index in [1.807, 2.05) is 13.8 Å². The molecule has 1 unspecified atom stereocenters. The van der Waals surface area contributed by atoms with E-state index in [1.165, 1.54) is 12.3 Å². The van der Waals surface area contributed by atoms with Gasteiger partial charge in [-0.1, -0.05) is 13.8 Å². The molecule has 2 rings (SSSR count). The molecule has 6 heteroatoms. The number of pyridine rings is 1. The molecule has 5 nitrogen and oxygen atoms in total. The zero-order valence-corrected chi connectivity index (χ0v) is 13.7. The number of carbonyl (C=O) groups is 1. The van der Waals surface area contributed by atoms with Crippen molar-refractivity contribution in [3.05, 3.63) is 45.5 Å². The SMILES string of the molecule is Cc1cc(F)cc2c(=O)c(C(=O)NCC(C)(O)C(C)C)c[nH]c12. The molecular formula is C17H21FN2O3. The maximum Gasteiger partial charge on any atom is 0.256 e. The van der Waals surface area contributed by atoms with Gasteiger partial charge in [0.25, 0.3) is 5.91 Å². The zero-order chi connectivity index (χ0) is 17.4. The molecule has 2 aromatic rings. The topological polar surface area (TPSA) is 82.2 Å². The lowest BCUT2D eigenvalue weighted by Crippen LogP contribution is -2.45. The average Bonchev–Trinajstić information content (AvgIpc) is 2.46. The van der Waals surface area contributed by atoms with Gasteiger partial charge in [0, 0.05) is 18.1 Å². The van der Waals surface area contributed by atoms with Gasteiger partial charge >= 0.3 is 0 Å². The Morgan fingerprint density at radius 3 is 2.70 bits per heavy atom. The first-order valence-electron chi connectivity index (χ1n) is 7.45. The van der Waals surface area contributed by atoms with Crippen molar-refractivity contribution < 1.29 is 14.3 Å². The summed E-state index contributed by atoms with van der Waals surface area (Å²) in [5, 5.41) is 12.8. The molecule has 124 valence electrons. The summed E-state index contributed by atoms with van der Waals surface area (Å²) in [6.07, 6.45) is 1.31. The van der Waals surface area contributed by atoms with Crippen LogP contribution in [-0.4, -0.2) is 28.1 Å². The van der Waals surface area contributed by atoms with Gasteiger partial charge in [0.2, 0.25) is 5.43 Å². The number of carbonyl (C=O) groups excluding carboxylic acids is 1.